The van der Waals surface area contributed by atoms with Crippen LogP contribution in [0.4, 0.5) is 0 Å². The van der Waals surface area contributed by atoms with Gasteiger partial charge in [-0.2, -0.15) is 0 Å². The van der Waals surface area contributed by atoms with E-state index in [4.69, 9.17) is 47.4 Å². The maximum absolute atomic E-state index is 11.4. The lowest BCUT2D eigenvalue weighted by Gasteiger charge is -2.46. The summed E-state index contributed by atoms with van der Waals surface area (Å²) in [5, 5.41) is 138. The fraction of sp³-hybridized carbons (Fsp3) is 1.00. The number of hydrogen-bond donors (Lipinski definition) is 13. The first-order chi connectivity index (χ1) is 34.7. The van der Waals surface area contributed by atoms with Gasteiger partial charge in [0.05, 0.1) is 64.4 Å². The van der Waals surface area contributed by atoms with E-state index in [1.54, 1.807) is 0 Å². The van der Waals surface area contributed by atoms with Crippen molar-refractivity contribution in [2.45, 2.75) is 240 Å². The molecule has 19 atom stereocenters. The van der Waals surface area contributed by atoms with E-state index in [0.717, 1.165) is 77.0 Å². The Bertz CT molecular complexity index is 1360. The van der Waals surface area contributed by atoms with Crippen molar-refractivity contribution in [2.75, 3.05) is 66.1 Å². The van der Waals surface area contributed by atoms with Gasteiger partial charge < -0.3 is 114 Å². The summed E-state index contributed by atoms with van der Waals surface area (Å²) in [7, 11) is 0. The van der Waals surface area contributed by atoms with E-state index < -0.39 is 149 Å². The summed E-state index contributed by atoms with van der Waals surface area (Å²) in [6.45, 7) is 1.28. The molecular formula is C49H92O23. The van der Waals surface area contributed by atoms with Crippen LogP contribution in [0, 0.1) is 5.41 Å². The maximum atomic E-state index is 11.4. The second-order valence-corrected chi connectivity index (χ2v) is 20.1. The van der Waals surface area contributed by atoms with Crippen LogP contribution < -0.4 is 0 Å². The molecule has 72 heavy (non-hydrogen) atoms. The minimum absolute atomic E-state index is 0.0711. The van der Waals surface area contributed by atoms with Gasteiger partial charge in [-0.05, 0) is 12.8 Å². The molecule has 4 aliphatic rings. The van der Waals surface area contributed by atoms with Crippen LogP contribution >= 0.6 is 0 Å². The topological polar surface area (TPSA) is 355 Å². The Morgan fingerprint density at radius 1 is 0.389 bits per heavy atom. The highest BCUT2D eigenvalue weighted by atomic mass is 16.8. The smallest absolute Gasteiger partial charge is 0.187 e. The van der Waals surface area contributed by atoms with Crippen LogP contribution in [0.15, 0.2) is 0 Å². The van der Waals surface area contributed by atoms with Gasteiger partial charge in [-0.25, -0.2) is 0 Å². The van der Waals surface area contributed by atoms with Crippen LogP contribution in [0.3, 0.4) is 0 Å². The molecule has 0 aliphatic carbocycles. The zero-order valence-corrected chi connectivity index (χ0v) is 42.5. The number of aliphatic hydroxyl groups is 13. The van der Waals surface area contributed by atoms with Gasteiger partial charge in [0, 0.05) is 19.6 Å². The summed E-state index contributed by atoms with van der Waals surface area (Å²) in [4.78, 5) is 0. The Balaban J connectivity index is 1.52. The highest BCUT2D eigenvalue weighted by Crippen LogP contribution is 2.34. The van der Waals surface area contributed by atoms with E-state index in [9.17, 15) is 66.4 Å². The largest absolute Gasteiger partial charge is 0.394 e. The molecule has 4 rings (SSSR count). The molecular weight excluding hydrogens is 957 g/mol. The molecule has 0 saturated carbocycles. The zero-order valence-electron chi connectivity index (χ0n) is 42.5. The van der Waals surface area contributed by atoms with Gasteiger partial charge in [0.25, 0.3) is 0 Å². The third-order valence-electron chi connectivity index (χ3n) is 14.0. The number of unbranched alkanes of at least 4 members (excludes halogenated alkanes) is 14. The Kier molecular flexibility index (Phi) is 30.1. The standard InChI is InChI=1S/C49H92O23/c1-3-5-7-9-11-13-15-17-19-63-26-49(27-64-20-18-16-14-12-10-8-6-4-2,28-65-46-42(61)39(58)44(33(24-52)69-46)71-35-21-30(54)36(55)31(22-50)67-35)29-66-47-43(62)40(59)45(34(25-53)70-47)72-48-41(60)38(57)37(56)32(23-51)68-48/h30-48,50-62H,3-29H2,1-2H3/t30?,31?,32?,33?,34?,35-,36+,37-,38?,39?,40?,41?,42+,43?,44-,45-,46+,47?,48?/m1/s1. The van der Waals surface area contributed by atoms with E-state index in [1.807, 2.05) is 0 Å². The molecule has 0 aromatic heterocycles. The molecule has 0 spiro atoms. The van der Waals surface area contributed by atoms with Gasteiger partial charge in [0.1, 0.15) is 85.5 Å². The quantitative estimate of drug-likeness (QED) is 0.0321. The summed E-state index contributed by atoms with van der Waals surface area (Å²) in [6, 6.07) is 0. The average molecular weight is 1050 g/mol. The predicted molar refractivity (Wildman–Crippen MR) is 253 cm³/mol. The van der Waals surface area contributed by atoms with E-state index >= 15 is 0 Å². The molecule has 23 heteroatoms. The van der Waals surface area contributed by atoms with E-state index in [2.05, 4.69) is 13.8 Å². The van der Waals surface area contributed by atoms with Crippen molar-refractivity contribution in [3.8, 4) is 0 Å². The second kappa shape index (κ2) is 34.1. The lowest BCUT2D eigenvalue weighted by atomic mass is 9.91. The average Bonchev–Trinajstić information content (AvgIpc) is 3.38. The first kappa shape index (κ1) is 63.6. The normalized spacial score (nSPS) is 36.8. The fourth-order valence-corrected chi connectivity index (χ4v) is 9.40. The van der Waals surface area contributed by atoms with Gasteiger partial charge in [-0.3, -0.25) is 0 Å². The Morgan fingerprint density at radius 3 is 1.22 bits per heavy atom. The van der Waals surface area contributed by atoms with Crippen LogP contribution in [0.5, 0.6) is 0 Å². The molecule has 426 valence electrons. The zero-order chi connectivity index (χ0) is 52.6. The molecule has 4 saturated heterocycles. The van der Waals surface area contributed by atoms with Gasteiger partial charge in [0.15, 0.2) is 25.2 Å². The molecule has 12 unspecified atom stereocenters. The molecule has 13 N–H and O–H groups in total. The summed E-state index contributed by atoms with van der Waals surface area (Å²) >= 11 is 0. The van der Waals surface area contributed by atoms with Crippen molar-refractivity contribution in [3.63, 3.8) is 0 Å². The van der Waals surface area contributed by atoms with Crippen LogP contribution in [0.1, 0.15) is 123 Å². The van der Waals surface area contributed by atoms with Crippen molar-refractivity contribution in [2.24, 2.45) is 5.41 Å². The minimum Gasteiger partial charge on any atom is -0.394 e. The van der Waals surface area contributed by atoms with Gasteiger partial charge in [-0.15, -0.1) is 0 Å². The molecule has 0 aromatic rings. The highest BCUT2D eigenvalue weighted by Gasteiger charge is 2.53. The molecule has 4 aliphatic heterocycles. The van der Waals surface area contributed by atoms with Crippen molar-refractivity contribution in [3.05, 3.63) is 0 Å². The van der Waals surface area contributed by atoms with E-state index in [0.29, 0.717) is 13.2 Å². The first-order valence-electron chi connectivity index (χ1n) is 26.6. The number of aliphatic hydroxyl groups excluding tert-OH is 13. The third-order valence-corrected chi connectivity index (χ3v) is 14.0. The molecule has 4 heterocycles. The highest BCUT2D eigenvalue weighted by molar-refractivity contribution is 4.96. The summed E-state index contributed by atoms with van der Waals surface area (Å²) in [5.41, 5.74) is -1.28. The first-order valence-corrected chi connectivity index (χ1v) is 26.6. The van der Waals surface area contributed by atoms with Crippen molar-refractivity contribution >= 4 is 0 Å². The monoisotopic (exact) mass is 1050 g/mol. The van der Waals surface area contributed by atoms with Gasteiger partial charge in [-0.1, -0.05) is 104 Å². The molecule has 0 amide bonds. The van der Waals surface area contributed by atoms with Gasteiger partial charge >= 0.3 is 0 Å². The number of hydrogen-bond acceptors (Lipinski definition) is 23. The maximum Gasteiger partial charge on any atom is 0.187 e. The summed E-state index contributed by atoms with van der Waals surface area (Å²) in [6.07, 6.45) is -13.1. The number of ether oxygens (including phenoxy) is 10. The predicted octanol–water partition coefficient (Wildman–Crippen LogP) is -1.40. The van der Waals surface area contributed by atoms with Crippen LogP contribution in [-0.4, -0.2) is 249 Å². The lowest BCUT2D eigenvalue weighted by molar-refractivity contribution is -0.363. The fourth-order valence-electron chi connectivity index (χ4n) is 9.40. The SMILES string of the molecule is CCCCCCCCCCOCC(COCCCCCCCCCC)(COC1OC(CO)[C@@H](OC2OC(CO)[C@@H](O)C(O)C2O)C(O)C1O)CO[C@H]1OC(CO)[C@@H](O[C@@H]2CC(O)[C@H](O)C(CO)O2)C(O)[C@@H]1O. The summed E-state index contributed by atoms with van der Waals surface area (Å²) < 4.78 is 59.6. The third kappa shape index (κ3) is 19.2. The van der Waals surface area contributed by atoms with E-state index in [1.165, 1.54) is 25.7 Å². The molecule has 0 bridgehead atoms. The second-order valence-electron chi connectivity index (χ2n) is 20.1. The van der Waals surface area contributed by atoms with Crippen molar-refractivity contribution < 1.29 is 114 Å². The van der Waals surface area contributed by atoms with Gasteiger partial charge in [0.2, 0.25) is 0 Å². The molecule has 23 nitrogen and oxygen atoms in total. The van der Waals surface area contributed by atoms with E-state index in [-0.39, 0.29) is 32.8 Å². The Hall–Kier alpha value is -0.920. The van der Waals surface area contributed by atoms with Crippen LogP contribution in [0.25, 0.3) is 0 Å². The Labute approximate surface area is 424 Å². The van der Waals surface area contributed by atoms with Crippen LogP contribution in [-0.2, 0) is 47.4 Å². The van der Waals surface area contributed by atoms with Crippen molar-refractivity contribution in [1.29, 1.82) is 0 Å². The summed E-state index contributed by atoms with van der Waals surface area (Å²) in [5.74, 6) is 0. The molecule has 4 fully saturated rings. The molecule has 0 radical (unpaired) electrons. The number of rotatable bonds is 36. The Morgan fingerprint density at radius 2 is 0.778 bits per heavy atom. The van der Waals surface area contributed by atoms with Crippen LogP contribution in [0.2, 0.25) is 0 Å². The minimum atomic E-state index is -1.86. The van der Waals surface area contributed by atoms with Crippen molar-refractivity contribution in [1.82, 2.24) is 0 Å². The lowest BCUT2D eigenvalue weighted by Crippen LogP contribution is -2.65. The molecule has 0 aromatic carbocycles.